The highest BCUT2D eigenvalue weighted by atomic mass is 31.2. The zero-order chi connectivity index (χ0) is 17.9. The Morgan fingerprint density at radius 2 is 1.68 bits per heavy atom. The molecule has 5 atom stereocenters. The van der Waals surface area contributed by atoms with Crippen LogP contribution in [0, 0.1) is 5.92 Å². The van der Waals surface area contributed by atoms with Crippen LogP contribution < -0.4 is 5.30 Å². The number of rotatable bonds is 5. The number of benzene rings is 2. The lowest BCUT2D eigenvalue weighted by atomic mass is 9.96. The second-order valence-corrected chi connectivity index (χ2v) is 8.97. The Morgan fingerprint density at radius 1 is 1.08 bits per heavy atom. The monoisotopic (exact) mass is 360 g/mol. The van der Waals surface area contributed by atoms with Gasteiger partial charge in [0.05, 0.1) is 18.8 Å². The maximum atomic E-state index is 13.6. The summed E-state index contributed by atoms with van der Waals surface area (Å²) in [5.41, 5.74) is 1.02. The first-order chi connectivity index (χ1) is 12.1. The van der Waals surface area contributed by atoms with Gasteiger partial charge in [-0.1, -0.05) is 62.4 Å². The minimum atomic E-state index is -3.41. The normalized spacial score (nSPS) is 32.4. The van der Waals surface area contributed by atoms with Crippen molar-refractivity contribution >= 4 is 12.7 Å². The molecule has 1 aliphatic rings. The lowest BCUT2D eigenvalue weighted by molar-refractivity contribution is -0.0937. The number of aliphatic hydroxyl groups excluding tert-OH is 1. The van der Waals surface area contributed by atoms with Gasteiger partial charge in [-0.15, -0.1) is 0 Å². The van der Waals surface area contributed by atoms with Gasteiger partial charge >= 0.3 is 0 Å². The van der Waals surface area contributed by atoms with Crippen molar-refractivity contribution < 1.29 is 18.9 Å². The molecule has 1 N–H and O–H groups in total. The van der Waals surface area contributed by atoms with Crippen LogP contribution in [0.3, 0.4) is 0 Å². The largest absolute Gasteiger partial charge is 0.380 e. The van der Waals surface area contributed by atoms with Crippen LogP contribution in [0.4, 0.5) is 0 Å². The van der Waals surface area contributed by atoms with E-state index in [1.165, 1.54) is 0 Å². The number of aliphatic hydroxyl groups is 1. The van der Waals surface area contributed by atoms with Crippen LogP contribution in [0.2, 0.25) is 0 Å². The van der Waals surface area contributed by atoms with Gasteiger partial charge in [-0.05, 0) is 24.1 Å². The molecule has 3 rings (SSSR count). The van der Waals surface area contributed by atoms with Crippen molar-refractivity contribution in [2.45, 2.75) is 44.9 Å². The molecule has 0 unspecified atom stereocenters. The van der Waals surface area contributed by atoms with Crippen LogP contribution in [0.25, 0.3) is 0 Å². The topological polar surface area (TPSA) is 55.8 Å². The van der Waals surface area contributed by atoms with E-state index in [1.54, 1.807) is 12.1 Å². The average molecular weight is 360 g/mol. The van der Waals surface area contributed by atoms with Crippen molar-refractivity contribution in [3.8, 4) is 0 Å². The first-order valence-electron chi connectivity index (χ1n) is 8.73. The molecule has 134 valence electrons. The predicted octanol–water partition coefficient (Wildman–Crippen LogP) is 3.94. The van der Waals surface area contributed by atoms with Crippen molar-refractivity contribution in [2.24, 2.45) is 5.92 Å². The number of hydrogen-bond acceptors (Lipinski definition) is 4. The molecule has 0 bridgehead atoms. The fourth-order valence-corrected chi connectivity index (χ4v) is 5.96. The molecule has 0 saturated carbocycles. The van der Waals surface area contributed by atoms with Crippen molar-refractivity contribution in [2.75, 3.05) is 0 Å². The summed E-state index contributed by atoms with van der Waals surface area (Å²) in [5, 5.41) is 11.4. The van der Waals surface area contributed by atoms with Gasteiger partial charge in [0.25, 0.3) is 7.37 Å². The predicted molar refractivity (Wildman–Crippen MR) is 99.0 cm³/mol. The summed E-state index contributed by atoms with van der Waals surface area (Å²) < 4.78 is 25.5. The Bertz CT molecular complexity index is 719. The summed E-state index contributed by atoms with van der Waals surface area (Å²) in [6, 6.07) is 18.8. The summed E-state index contributed by atoms with van der Waals surface area (Å²) in [5.74, 6) is -1.22. The van der Waals surface area contributed by atoms with Crippen LogP contribution >= 0.6 is 7.37 Å². The highest BCUT2D eigenvalue weighted by Crippen LogP contribution is 2.58. The van der Waals surface area contributed by atoms with Gasteiger partial charge in [-0.3, -0.25) is 4.57 Å². The van der Waals surface area contributed by atoms with Gasteiger partial charge in [-0.25, -0.2) is 0 Å². The molecule has 0 aromatic heterocycles. The smallest absolute Gasteiger partial charge is 0.262 e. The molecular formula is C20H25O4P. The average Bonchev–Trinajstić information content (AvgIpc) is 2.66. The summed E-state index contributed by atoms with van der Waals surface area (Å²) in [7, 11) is -3.41. The summed E-state index contributed by atoms with van der Waals surface area (Å²) in [4.78, 5) is 0. The van der Waals surface area contributed by atoms with Crippen molar-refractivity contribution in [1.82, 2.24) is 0 Å². The Hall–Kier alpha value is -1.45. The summed E-state index contributed by atoms with van der Waals surface area (Å²) in [6.45, 7) is 4.36. The Balaban J connectivity index is 1.86. The van der Waals surface area contributed by atoms with E-state index in [4.69, 9.17) is 9.26 Å². The van der Waals surface area contributed by atoms with Gasteiger partial charge in [0.15, 0.2) is 5.85 Å². The van der Waals surface area contributed by atoms with E-state index in [0.717, 1.165) is 12.0 Å². The molecule has 4 nitrogen and oxygen atoms in total. The van der Waals surface area contributed by atoms with Crippen molar-refractivity contribution in [3.63, 3.8) is 0 Å². The lowest BCUT2D eigenvalue weighted by Gasteiger charge is -2.43. The minimum Gasteiger partial charge on any atom is -0.380 e. The van der Waals surface area contributed by atoms with Crippen LogP contribution in [0.5, 0.6) is 0 Å². The maximum absolute atomic E-state index is 13.6. The second kappa shape index (κ2) is 7.84. The van der Waals surface area contributed by atoms with Crippen LogP contribution in [0.15, 0.2) is 60.7 Å². The fraction of sp³-hybridized carbons (Fsp3) is 0.400. The highest BCUT2D eigenvalue weighted by molar-refractivity contribution is 7.67. The van der Waals surface area contributed by atoms with E-state index in [1.807, 2.05) is 62.4 Å². The first kappa shape index (κ1) is 18.3. The standard InChI is InChI=1S/C20H25O4P/c1-3-18-15(2)19(23-14-16-10-6-4-7-11-16)20(21)25(22,24-18)17-12-8-5-9-13-17/h4-13,15,18-21H,3,14H2,1-2H3/t15-,18-,19+,20-,25+/m1/s1. The third kappa shape index (κ3) is 3.73. The van der Waals surface area contributed by atoms with E-state index >= 15 is 0 Å². The third-order valence-electron chi connectivity index (χ3n) is 4.84. The molecule has 1 fully saturated rings. The molecule has 0 aliphatic carbocycles. The molecular weight excluding hydrogens is 335 g/mol. The molecule has 0 radical (unpaired) electrons. The van der Waals surface area contributed by atoms with E-state index in [2.05, 4.69) is 0 Å². The Labute approximate surface area is 149 Å². The zero-order valence-corrected chi connectivity index (χ0v) is 15.5. The first-order valence-corrected chi connectivity index (χ1v) is 10.4. The molecule has 1 saturated heterocycles. The zero-order valence-electron chi connectivity index (χ0n) is 14.6. The lowest BCUT2D eigenvalue weighted by Crippen LogP contribution is -2.48. The van der Waals surface area contributed by atoms with Crippen LogP contribution in [0.1, 0.15) is 25.8 Å². The number of ether oxygens (including phenoxy) is 1. The maximum Gasteiger partial charge on any atom is 0.262 e. The van der Waals surface area contributed by atoms with Gasteiger partial charge < -0.3 is 14.4 Å². The van der Waals surface area contributed by atoms with Gasteiger partial charge in [0.1, 0.15) is 0 Å². The molecule has 0 amide bonds. The third-order valence-corrected chi connectivity index (χ3v) is 7.43. The molecule has 1 aliphatic heterocycles. The molecule has 2 aromatic rings. The minimum absolute atomic E-state index is 0.0468. The summed E-state index contributed by atoms with van der Waals surface area (Å²) >= 11 is 0. The van der Waals surface area contributed by atoms with E-state index < -0.39 is 19.3 Å². The fourth-order valence-electron chi connectivity index (χ4n) is 3.34. The molecule has 0 spiro atoms. The quantitative estimate of drug-likeness (QED) is 0.821. The van der Waals surface area contributed by atoms with Crippen LogP contribution in [-0.2, 0) is 20.4 Å². The van der Waals surface area contributed by atoms with Gasteiger partial charge in [0, 0.05) is 11.2 Å². The van der Waals surface area contributed by atoms with Gasteiger partial charge in [-0.2, -0.15) is 0 Å². The molecule has 2 aromatic carbocycles. The summed E-state index contributed by atoms with van der Waals surface area (Å²) in [6.07, 6.45) is -0.0317. The van der Waals surface area contributed by atoms with Crippen molar-refractivity contribution in [3.05, 3.63) is 66.2 Å². The molecule has 25 heavy (non-hydrogen) atoms. The van der Waals surface area contributed by atoms with Gasteiger partial charge in [0.2, 0.25) is 0 Å². The van der Waals surface area contributed by atoms with E-state index in [9.17, 15) is 9.67 Å². The molecule has 1 heterocycles. The van der Waals surface area contributed by atoms with Crippen molar-refractivity contribution in [1.29, 1.82) is 0 Å². The Morgan fingerprint density at radius 3 is 2.28 bits per heavy atom. The second-order valence-electron chi connectivity index (χ2n) is 6.52. The molecule has 5 heteroatoms. The van der Waals surface area contributed by atoms with E-state index in [-0.39, 0.29) is 12.0 Å². The highest BCUT2D eigenvalue weighted by Gasteiger charge is 2.51. The van der Waals surface area contributed by atoms with E-state index in [0.29, 0.717) is 11.9 Å². The Kier molecular flexibility index (Phi) is 5.75. The SMILES string of the molecule is CC[C@H]1O[P@@](=O)(c2ccccc2)[C@@H](O)[C@@H](OCc2ccccc2)[C@@H]1C. The number of hydrogen-bond donors (Lipinski definition) is 1. The van der Waals surface area contributed by atoms with Crippen LogP contribution in [-0.4, -0.2) is 23.2 Å².